The lowest BCUT2D eigenvalue weighted by Crippen LogP contribution is -2.29. The van der Waals surface area contributed by atoms with E-state index in [1.54, 1.807) is 7.11 Å². The van der Waals surface area contributed by atoms with Gasteiger partial charge in [-0.2, -0.15) is 10.4 Å². The largest absolute Gasteiger partial charge is 0.496 e. The van der Waals surface area contributed by atoms with Crippen molar-refractivity contribution in [2.24, 2.45) is 0 Å². The Morgan fingerprint density at radius 3 is 2.69 bits per heavy atom. The van der Waals surface area contributed by atoms with E-state index in [1.807, 2.05) is 12.1 Å². The van der Waals surface area contributed by atoms with E-state index in [0.717, 1.165) is 30.1 Å². The number of nitrogens with zero attached hydrogens (tertiary/aromatic N) is 5. The minimum Gasteiger partial charge on any atom is -0.496 e. The number of methoxy groups -OCH3 is 1. The maximum atomic E-state index is 8.81. The summed E-state index contributed by atoms with van der Waals surface area (Å²) in [5.74, 6) is 2.53. The SMILES string of the molecule is COc1cc(C2CCN(C)CC2)ccc1-c1cc(Nc2cnc(C#N)cn2)n[nH]1. The standard InChI is InChI=1S/C21H23N7O/c1-28-7-5-14(6-8-28)15-3-4-17(19(9-15)29-2)18-10-20(27-26-18)25-21-13-23-16(11-22)12-24-21/h3-4,9-10,12-14H,5-8H2,1-2H3,(H2,24,25,26,27). The highest BCUT2D eigenvalue weighted by atomic mass is 16.5. The highest BCUT2D eigenvalue weighted by Crippen LogP contribution is 2.35. The number of anilines is 2. The minimum absolute atomic E-state index is 0.271. The fourth-order valence-electron chi connectivity index (χ4n) is 3.63. The monoisotopic (exact) mass is 389 g/mol. The fraction of sp³-hybridized carbons (Fsp3) is 0.333. The average molecular weight is 389 g/mol. The van der Waals surface area contributed by atoms with Gasteiger partial charge in [-0.15, -0.1) is 0 Å². The summed E-state index contributed by atoms with van der Waals surface area (Å²) in [5.41, 5.74) is 3.40. The van der Waals surface area contributed by atoms with Crippen molar-refractivity contribution in [1.82, 2.24) is 25.1 Å². The Bertz CT molecular complexity index is 1010. The lowest BCUT2D eigenvalue weighted by molar-refractivity contribution is 0.255. The van der Waals surface area contributed by atoms with E-state index >= 15 is 0 Å². The number of nitriles is 1. The molecule has 0 spiro atoms. The van der Waals surface area contributed by atoms with Gasteiger partial charge in [-0.1, -0.05) is 6.07 Å². The Kier molecular flexibility index (Phi) is 5.40. The number of nitrogens with one attached hydrogen (secondary N) is 2. The van der Waals surface area contributed by atoms with Gasteiger partial charge in [-0.25, -0.2) is 9.97 Å². The first-order chi connectivity index (χ1) is 14.2. The predicted molar refractivity (Wildman–Crippen MR) is 110 cm³/mol. The molecule has 1 fully saturated rings. The third-order valence-corrected chi connectivity index (χ3v) is 5.31. The molecule has 8 nitrogen and oxygen atoms in total. The van der Waals surface area contributed by atoms with Crippen LogP contribution in [0, 0.1) is 11.3 Å². The number of aromatic nitrogens is 4. The van der Waals surface area contributed by atoms with Gasteiger partial charge in [0.15, 0.2) is 11.5 Å². The van der Waals surface area contributed by atoms with E-state index in [0.29, 0.717) is 17.6 Å². The van der Waals surface area contributed by atoms with Gasteiger partial charge >= 0.3 is 0 Å². The van der Waals surface area contributed by atoms with E-state index in [4.69, 9.17) is 10.00 Å². The summed E-state index contributed by atoms with van der Waals surface area (Å²) in [6.07, 6.45) is 5.26. The van der Waals surface area contributed by atoms with E-state index in [9.17, 15) is 0 Å². The van der Waals surface area contributed by atoms with E-state index in [-0.39, 0.29) is 5.69 Å². The van der Waals surface area contributed by atoms with Gasteiger partial charge in [-0.05, 0) is 56.6 Å². The predicted octanol–water partition coefficient (Wildman–Crippen LogP) is 3.30. The number of hydrogen-bond acceptors (Lipinski definition) is 7. The average Bonchev–Trinajstić information content (AvgIpc) is 3.22. The second-order valence-corrected chi connectivity index (χ2v) is 7.23. The number of aromatic amines is 1. The molecule has 1 aliphatic heterocycles. The lowest BCUT2D eigenvalue weighted by Gasteiger charge is -2.29. The topological polar surface area (TPSA) is 103 Å². The number of rotatable bonds is 5. The number of piperidine rings is 1. The maximum absolute atomic E-state index is 8.81. The third kappa shape index (κ3) is 4.20. The van der Waals surface area contributed by atoms with Gasteiger partial charge in [0, 0.05) is 11.6 Å². The van der Waals surface area contributed by atoms with Gasteiger partial charge in [0.2, 0.25) is 0 Å². The highest BCUT2D eigenvalue weighted by molar-refractivity contribution is 5.71. The second kappa shape index (κ2) is 8.29. The second-order valence-electron chi connectivity index (χ2n) is 7.23. The zero-order valence-electron chi connectivity index (χ0n) is 16.5. The Labute approximate surface area is 169 Å². The molecule has 0 amide bonds. The van der Waals surface area contributed by atoms with Crippen LogP contribution in [0.4, 0.5) is 11.6 Å². The summed E-state index contributed by atoms with van der Waals surface area (Å²) in [6.45, 7) is 2.26. The molecule has 8 heteroatoms. The van der Waals surface area contributed by atoms with E-state index in [2.05, 4.69) is 55.6 Å². The highest BCUT2D eigenvalue weighted by Gasteiger charge is 2.20. The molecule has 0 aliphatic carbocycles. The maximum Gasteiger partial charge on any atom is 0.158 e. The zero-order chi connectivity index (χ0) is 20.2. The molecule has 0 unspecified atom stereocenters. The molecule has 0 saturated carbocycles. The summed E-state index contributed by atoms with van der Waals surface area (Å²) in [5, 5.41) is 19.2. The zero-order valence-corrected chi connectivity index (χ0v) is 16.5. The first-order valence-corrected chi connectivity index (χ1v) is 9.57. The van der Waals surface area contributed by atoms with Gasteiger partial charge < -0.3 is 15.0 Å². The Morgan fingerprint density at radius 2 is 2.00 bits per heavy atom. The molecule has 0 radical (unpaired) electrons. The third-order valence-electron chi connectivity index (χ3n) is 5.31. The van der Waals surface area contributed by atoms with Crippen LogP contribution in [-0.4, -0.2) is 52.3 Å². The van der Waals surface area contributed by atoms with Crippen molar-refractivity contribution in [2.45, 2.75) is 18.8 Å². The molecule has 1 aliphatic rings. The van der Waals surface area contributed by atoms with Crippen LogP contribution < -0.4 is 10.1 Å². The van der Waals surface area contributed by atoms with Crippen molar-refractivity contribution in [3.63, 3.8) is 0 Å². The summed E-state index contributed by atoms with van der Waals surface area (Å²) < 4.78 is 5.67. The fourth-order valence-corrected chi connectivity index (χ4v) is 3.63. The number of likely N-dealkylation sites (tertiary alicyclic amines) is 1. The molecular weight excluding hydrogens is 366 g/mol. The molecule has 1 aromatic carbocycles. The smallest absolute Gasteiger partial charge is 0.158 e. The number of H-pyrrole nitrogens is 1. The molecular formula is C21H23N7O. The van der Waals surface area contributed by atoms with E-state index in [1.165, 1.54) is 30.8 Å². The number of hydrogen-bond donors (Lipinski definition) is 2. The molecule has 3 heterocycles. The Balaban J connectivity index is 1.52. The van der Waals surface area contributed by atoms with Gasteiger partial charge in [0.25, 0.3) is 0 Å². The Morgan fingerprint density at radius 1 is 1.17 bits per heavy atom. The molecule has 0 bridgehead atoms. The minimum atomic E-state index is 0.271. The van der Waals surface area contributed by atoms with Crippen LogP contribution in [0.2, 0.25) is 0 Å². The lowest BCUT2D eigenvalue weighted by atomic mass is 9.88. The summed E-state index contributed by atoms with van der Waals surface area (Å²) in [6, 6.07) is 10.3. The number of benzene rings is 1. The van der Waals surface area contributed by atoms with Crippen molar-refractivity contribution in [2.75, 3.05) is 32.6 Å². The number of ether oxygens (including phenoxy) is 1. The molecule has 0 atom stereocenters. The van der Waals surface area contributed by atoms with Gasteiger partial charge in [-0.3, -0.25) is 5.10 Å². The van der Waals surface area contributed by atoms with Crippen LogP contribution in [0.1, 0.15) is 30.0 Å². The van der Waals surface area contributed by atoms with Crippen LogP contribution in [0.3, 0.4) is 0 Å². The molecule has 2 N–H and O–H groups in total. The summed E-state index contributed by atoms with van der Waals surface area (Å²) >= 11 is 0. The molecule has 3 aromatic rings. The quantitative estimate of drug-likeness (QED) is 0.690. The Hall–Kier alpha value is -3.44. The van der Waals surface area contributed by atoms with Crippen LogP contribution in [-0.2, 0) is 0 Å². The van der Waals surface area contributed by atoms with Crippen LogP contribution in [0.15, 0.2) is 36.7 Å². The molecule has 4 rings (SSSR count). The molecule has 1 saturated heterocycles. The van der Waals surface area contributed by atoms with Crippen molar-refractivity contribution < 1.29 is 4.74 Å². The van der Waals surface area contributed by atoms with Crippen LogP contribution in [0.5, 0.6) is 5.75 Å². The van der Waals surface area contributed by atoms with Gasteiger partial charge in [0.1, 0.15) is 17.6 Å². The van der Waals surface area contributed by atoms with Gasteiger partial charge in [0.05, 0.1) is 25.2 Å². The van der Waals surface area contributed by atoms with Crippen molar-refractivity contribution in [3.8, 4) is 23.1 Å². The van der Waals surface area contributed by atoms with Crippen molar-refractivity contribution in [3.05, 3.63) is 47.9 Å². The molecule has 2 aromatic heterocycles. The summed E-state index contributed by atoms with van der Waals surface area (Å²) in [4.78, 5) is 10.5. The normalized spacial score (nSPS) is 15.1. The first kappa shape index (κ1) is 18.9. The van der Waals surface area contributed by atoms with Crippen LogP contribution in [0.25, 0.3) is 11.3 Å². The van der Waals surface area contributed by atoms with E-state index < -0.39 is 0 Å². The first-order valence-electron chi connectivity index (χ1n) is 9.57. The molecule has 29 heavy (non-hydrogen) atoms. The van der Waals surface area contributed by atoms with Crippen molar-refractivity contribution in [1.29, 1.82) is 5.26 Å². The van der Waals surface area contributed by atoms with Crippen LogP contribution >= 0.6 is 0 Å². The van der Waals surface area contributed by atoms with Crippen molar-refractivity contribution >= 4 is 11.6 Å². The molecule has 148 valence electrons. The summed E-state index contributed by atoms with van der Waals surface area (Å²) in [7, 11) is 3.87.